The van der Waals surface area contributed by atoms with E-state index in [2.05, 4.69) is 4.74 Å². The molecule has 0 spiro atoms. The molecule has 0 heterocycles. The number of benzene rings is 1. The number of aliphatic hydroxyl groups excluding tert-OH is 1. The van der Waals surface area contributed by atoms with Gasteiger partial charge in [-0.3, -0.25) is 4.79 Å². The highest BCUT2D eigenvalue weighted by molar-refractivity contribution is 7.98. The van der Waals surface area contributed by atoms with Gasteiger partial charge in [0.2, 0.25) is 0 Å². The van der Waals surface area contributed by atoms with Crippen LogP contribution in [0.2, 0.25) is 0 Å². The van der Waals surface area contributed by atoms with Gasteiger partial charge in [-0.1, -0.05) is 6.07 Å². The molecule has 0 aliphatic carbocycles. The lowest BCUT2D eigenvalue weighted by Crippen LogP contribution is -2.33. The van der Waals surface area contributed by atoms with Gasteiger partial charge >= 0.3 is 5.97 Å². The Balaban J connectivity index is 2.50. The van der Waals surface area contributed by atoms with Crippen molar-refractivity contribution < 1.29 is 19.7 Å². The average molecular weight is 271 g/mol. The number of carbonyl (C=O) groups excluding carboxylic acids is 1. The van der Waals surface area contributed by atoms with Crippen LogP contribution in [0.3, 0.4) is 0 Å². The molecule has 0 unspecified atom stereocenters. The van der Waals surface area contributed by atoms with Crippen molar-refractivity contribution >= 4 is 17.7 Å². The predicted octanol–water partition coefficient (Wildman–Crippen LogP) is 0.618. The van der Waals surface area contributed by atoms with Gasteiger partial charge in [0.25, 0.3) is 0 Å². The molecule has 1 aromatic carbocycles. The van der Waals surface area contributed by atoms with E-state index >= 15 is 0 Å². The summed E-state index contributed by atoms with van der Waals surface area (Å²) < 4.78 is 4.52. The molecule has 1 aromatic rings. The molecule has 6 heteroatoms. The van der Waals surface area contributed by atoms with Crippen LogP contribution >= 0.6 is 11.8 Å². The summed E-state index contributed by atoms with van der Waals surface area (Å²) in [7, 11) is 1.30. The molecule has 0 aromatic heterocycles. The van der Waals surface area contributed by atoms with E-state index in [-0.39, 0.29) is 12.4 Å². The molecular weight excluding hydrogens is 254 g/mol. The third kappa shape index (κ3) is 4.21. The van der Waals surface area contributed by atoms with Crippen LogP contribution in [0, 0.1) is 0 Å². The molecule has 1 rings (SSSR count). The van der Waals surface area contributed by atoms with Crippen molar-refractivity contribution in [3.63, 3.8) is 0 Å². The molecule has 0 aliphatic heterocycles. The Hall–Kier alpha value is -1.24. The van der Waals surface area contributed by atoms with E-state index in [1.54, 1.807) is 18.2 Å². The maximum Gasteiger partial charge on any atom is 0.323 e. The highest BCUT2D eigenvalue weighted by Gasteiger charge is 2.13. The molecule has 0 aliphatic rings. The van der Waals surface area contributed by atoms with Gasteiger partial charge in [-0.05, 0) is 17.7 Å². The van der Waals surface area contributed by atoms with E-state index in [4.69, 9.17) is 10.8 Å². The highest BCUT2D eigenvalue weighted by atomic mass is 32.2. The van der Waals surface area contributed by atoms with Crippen molar-refractivity contribution in [1.82, 2.24) is 0 Å². The highest BCUT2D eigenvalue weighted by Crippen LogP contribution is 2.23. The number of methoxy groups -OCH3 is 1. The zero-order valence-corrected chi connectivity index (χ0v) is 10.9. The van der Waals surface area contributed by atoms with Crippen molar-refractivity contribution in [2.24, 2.45) is 5.73 Å². The van der Waals surface area contributed by atoms with Gasteiger partial charge in [-0.25, -0.2) is 0 Å². The maximum atomic E-state index is 11.1. The SMILES string of the molecule is COC(=O)[C@@H](N)CSCc1cc(CO)ccc1O. The number of ether oxygens (including phenoxy) is 1. The van der Waals surface area contributed by atoms with Crippen LogP contribution < -0.4 is 5.73 Å². The molecule has 100 valence electrons. The third-order valence-corrected chi connectivity index (χ3v) is 3.50. The summed E-state index contributed by atoms with van der Waals surface area (Å²) in [5.41, 5.74) is 7.04. The number of hydrogen-bond donors (Lipinski definition) is 3. The summed E-state index contributed by atoms with van der Waals surface area (Å²) >= 11 is 1.42. The van der Waals surface area contributed by atoms with E-state index in [9.17, 15) is 9.90 Å². The first-order valence-electron chi connectivity index (χ1n) is 5.41. The lowest BCUT2D eigenvalue weighted by atomic mass is 10.1. The van der Waals surface area contributed by atoms with Crippen LogP contribution in [0.5, 0.6) is 5.75 Å². The predicted molar refractivity (Wildman–Crippen MR) is 70.2 cm³/mol. The van der Waals surface area contributed by atoms with E-state index < -0.39 is 12.0 Å². The van der Waals surface area contributed by atoms with Crippen molar-refractivity contribution in [3.05, 3.63) is 29.3 Å². The molecule has 0 fully saturated rings. The summed E-state index contributed by atoms with van der Waals surface area (Å²) in [5, 5.41) is 18.6. The molecule has 0 amide bonds. The lowest BCUT2D eigenvalue weighted by Gasteiger charge is -2.10. The molecular formula is C12H17NO4S. The van der Waals surface area contributed by atoms with Gasteiger partial charge in [-0.15, -0.1) is 0 Å². The van der Waals surface area contributed by atoms with Crippen LogP contribution in [0.25, 0.3) is 0 Å². The first-order valence-corrected chi connectivity index (χ1v) is 6.56. The summed E-state index contributed by atoms with van der Waals surface area (Å²) in [4.78, 5) is 11.1. The number of phenols is 1. The van der Waals surface area contributed by atoms with Gasteiger partial charge in [-0.2, -0.15) is 11.8 Å². The van der Waals surface area contributed by atoms with Crippen molar-refractivity contribution in [3.8, 4) is 5.75 Å². The van der Waals surface area contributed by atoms with Crippen molar-refractivity contribution in [1.29, 1.82) is 0 Å². The quantitative estimate of drug-likeness (QED) is 0.657. The van der Waals surface area contributed by atoms with Crippen LogP contribution in [0.1, 0.15) is 11.1 Å². The van der Waals surface area contributed by atoms with E-state index in [1.165, 1.54) is 18.9 Å². The first-order chi connectivity index (χ1) is 8.58. The van der Waals surface area contributed by atoms with Gasteiger partial charge in [0.05, 0.1) is 13.7 Å². The number of esters is 1. The second-order valence-electron chi connectivity index (χ2n) is 3.77. The summed E-state index contributed by atoms with van der Waals surface area (Å²) in [6, 6.07) is 4.26. The standard InChI is InChI=1S/C12H17NO4S/c1-17-12(16)10(13)7-18-6-9-4-8(5-14)2-3-11(9)15/h2-4,10,14-15H,5-7,13H2,1H3/t10-/m0/s1. The zero-order chi connectivity index (χ0) is 13.5. The number of nitrogens with two attached hydrogens (primary N) is 1. The Morgan fingerprint density at radius 1 is 1.56 bits per heavy atom. The number of rotatable bonds is 6. The normalized spacial score (nSPS) is 12.2. The van der Waals surface area contributed by atoms with Crippen molar-refractivity contribution in [2.45, 2.75) is 18.4 Å². The monoisotopic (exact) mass is 271 g/mol. The van der Waals surface area contributed by atoms with E-state index in [1.807, 2.05) is 0 Å². The second-order valence-corrected chi connectivity index (χ2v) is 4.80. The van der Waals surface area contributed by atoms with Gasteiger partial charge in [0, 0.05) is 17.1 Å². The molecule has 0 radical (unpaired) electrons. The molecule has 5 nitrogen and oxygen atoms in total. The number of aliphatic hydroxyl groups is 1. The fraction of sp³-hybridized carbons (Fsp3) is 0.417. The number of aromatic hydroxyl groups is 1. The third-order valence-electron chi connectivity index (χ3n) is 2.39. The number of carbonyl (C=O) groups is 1. The molecule has 4 N–H and O–H groups in total. The van der Waals surface area contributed by atoms with E-state index in [0.29, 0.717) is 17.1 Å². The Morgan fingerprint density at radius 3 is 2.89 bits per heavy atom. The largest absolute Gasteiger partial charge is 0.508 e. The fourth-order valence-electron chi connectivity index (χ4n) is 1.37. The summed E-state index contributed by atoms with van der Waals surface area (Å²) in [5.74, 6) is 0.655. The van der Waals surface area contributed by atoms with Crippen molar-refractivity contribution in [2.75, 3.05) is 12.9 Å². The Kier molecular flexibility index (Phi) is 5.97. The minimum atomic E-state index is -0.664. The molecule has 1 atom stereocenters. The fourth-order valence-corrected chi connectivity index (χ4v) is 2.33. The van der Waals surface area contributed by atoms with Gasteiger partial charge < -0.3 is 20.7 Å². The molecule has 18 heavy (non-hydrogen) atoms. The van der Waals surface area contributed by atoms with Gasteiger partial charge in [0.15, 0.2) is 0 Å². The Bertz CT molecular complexity index is 411. The van der Waals surface area contributed by atoms with Crippen LogP contribution in [0.4, 0.5) is 0 Å². The minimum absolute atomic E-state index is 0.0698. The van der Waals surface area contributed by atoms with Crippen LogP contribution in [-0.2, 0) is 21.9 Å². The van der Waals surface area contributed by atoms with Crippen LogP contribution in [-0.4, -0.2) is 35.1 Å². The summed E-state index contributed by atoms with van der Waals surface area (Å²) in [6.45, 7) is -0.0698. The number of thioether (sulfide) groups is 1. The number of phenolic OH excluding ortho intramolecular Hbond substituents is 1. The Morgan fingerprint density at radius 2 is 2.28 bits per heavy atom. The smallest absolute Gasteiger partial charge is 0.323 e. The zero-order valence-electron chi connectivity index (χ0n) is 10.1. The minimum Gasteiger partial charge on any atom is -0.508 e. The molecule has 0 saturated heterocycles. The number of hydrogen-bond acceptors (Lipinski definition) is 6. The second kappa shape index (κ2) is 7.25. The lowest BCUT2D eigenvalue weighted by molar-refractivity contribution is -0.141. The Labute approximate surface area is 110 Å². The van der Waals surface area contributed by atoms with E-state index in [0.717, 1.165) is 5.56 Å². The topological polar surface area (TPSA) is 92.8 Å². The average Bonchev–Trinajstić information content (AvgIpc) is 2.39. The molecule has 0 saturated carbocycles. The van der Waals surface area contributed by atoms with Crippen LogP contribution in [0.15, 0.2) is 18.2 Å². The molecule has 0 bridgehead atoms. The van der Waals surface area contributed by atoms with Gasteiger partial charge in [0.1, 0.15) is 11.8 Å². The maximum absolute atomic E-state index is 11.1. The summed E-state index contributed by atoms with van der Waals surface area (Å²) in [6.07, 6.45) is 0. The first kappa shape index (κ1) is 14.8.